The maximum Gasteiger partial charge on any atom is 0.0802 e. The molecule has 0 bridgehead atoms. The molecule has 0 spiro atoms. The lowest BCUT2D eigenvalue weighted by molar-refractivity contribution is 0.141. The van der Waals surface area contributed by atoms with Gasteiger partial charge in [0, 0.05) is 35.2 Å². The normalized spacial score (nSPS) is 26.3. The first-order valence-electron chi connectivity index (χ1n) is 6.86. The van der Waals surface area contributed by atoms with Gasteiger partial charge in [0.2, 0.25) is 0 Å². The molecule has 1 aromatic carbocycles. The van der Waals surface area contributed by atoms with E-state index < -0.39 is 6.10 Å². The van der Waals surface area contributed by atoms with Gasteiger partial charge in [-0.15, -0.1) is 0 Å². The van der Waals surface area contributed by atoms with Crippen molar-refractivity contribution in [3.8, 4) is 0 Å². The van der Waals surface area contributed by atoms with Gasteiger partial charge in [-0.25, -0.2) is 0 Å². The number of aliphatic hydroxyl groups excluding tert-OH is 1. The van der Waals surface area contributed by atoms with Crippen molar-refractivity contribution in [1.82, 2.24) is 4.90 Å². The van der Waals surface area contributed by atoms with Crippen LogP contribution in [0.2, 0.25) is 5.02 Å². The van der Waals surface area contributed by atoms with Gasteiger partial charge in [0.25, 0.3) is 0 Å². The molecule has 1 aliphatic rings. The minimum absolute atomic E-state index is 0.418. The van der Waals surface area contributed by atoms with Gasteiger partial charge in [0.1, 0.15) is 0 Å². The minimum Gasteiger partial charge on any atom is -0.388 e. The molecule has 1 aliphatic heterocycles. The van der Waals surface area contributed by atoms with Crippen LogP contribution < -0.4 is 0 Å². The highest BCUT2D eigenvalue weighted by Gasteiger charge is 2.22. The minimum atomic E-state index is -0.418. The molecule has 1 N–H and O–H groups in total. The van der Waals surface area contributed by atoms with Crippen LogP contribution in [0.25, 0.3) is 0 Å². The highest BCUT2D eigenvalue weighted by Crippen LogP contribution is 2.26. The summed E-state index contributed by atoms with van der Waals surface area (Å²) < 4.78 is 0. The van der Waals surface area contributed by atoms with Gasteiger partial charge in [-0.05, 0) is 24.1 Å². The highest BCUT2D eigenvalue weighted by atomic mass is 35.5. The van der Waals surface area contributed by atoms with E-state index in [1.807, 2.05) is 24.3 Å². The molecule has 3 unspecified atom stereocenters. The van der Waals surface area contributed by atoms with Crippen molar-refractivity contribution < 1.29 is 5.11 Å². The number of rotatable bonds is 4. The summed E-state index contributed by atoms with van der Waals surface area (Å²) in [6, 6.07) is 7.52. The summed E-state index contributed by atoms with van der Waals surface area (Å²) in [4.78, 5) is 2.46. The van der Waals surface area contributed by atoms with E-state index in [-0.39, 0.29) is 0 Å². The van der Waals surface area contributed by atoms with Crippen molar-refractivity contribution in [3.63, 3.8) is 0 Å². The quantitative estimate of drug-likeness (QED) is 0.919. The molecule has 0 aliphatic carbocycles. The van der Waals surface area contributed by atoms with Crippen molar-refractivity contribution >= 4 is 23.4 Å². The second kappa shape index (κ2) is 6.98. The Morgan fingerprint density at radius 2 is 2.05 bits per heavy atom. The highest BCUT2D eigenvalue weighted by molar-refractivity contribution is 8.00. The zero-order valence-corrected chi connectivity index (χ0v) is 13.1. The van der Waals surface area contributed by atoms with Crippen LogP contribution in [-0.2, 0) is 0 Å². The summed E-state index contributed by atoms with van der Waals surface area (Å²) >= 11 is 8.01. The molecule has 106 valence electrons. The predicted molar refractivity (Wildman–Crippen MR) is 84.0 cm³/mol. The van der Waals surface area contributed by atoms with Gasteiger partial charge in [-0.1, -0.05) is 37.6 Å². The Morgan fingerprint density at radius 1 is 1.37 bits per heavy atom. The average Bonchev–Trinajstić information content (AvgIpc) is 2.35. The fourth-order valence-electron chi connectivity index (χ4n) is 2.65. The summed E-state index contributed by atoms with van der Waals surface area (Å²) in [7, 11) is 0. The molecular formula is C15H22ClNOS. The van der Waals surface area contributed by atoms with Gasteiger partial charge in [0.15, 0.2) is 0 Å². The third kappa shape index (κ3) is 4.67. The zero-order chi connectivity index (χ0) is 13.8. The first-order valence-corrected chi connectivity index (χ1v) is 8.18. The van der Waals surface area contributed by atoms with Crippen molar-refractivity contribution in [2.75, 3.05) is 19.6 Å². The molecule has 2 rings (SSSR count). The third-order valence-electron chi connectivity index (χ3n) is 3.45. The standard InChI is InChI=1S/C15H22ClNOS/c1-11-9-17(10-12(2)19-11)7-6-15(18)13-4-3-5-14(16)8-13/h3-5,8,11-12,15,18H,6-7,9-10H2,1-2H3. The molecule has 3 atom stereocenters. The maximum absolute atomic E-state index is 10.2. The Morgan fingerprint density at radius 3 is 2.68 bits per heavy atom. The summed E-state index contributed by atoms with van der Waals surface area (Å²) in [5, 5.41) is 12.3. The number of benzene rings is 1. The first-order chi connectivity index (χ1) is 9.04. The van der Waals surface area contributed by atoms with Gasteiger partial charge >= 0.3 is 0 Å². The monoisotopic (exact) mass is 299 g/mol. The maximum atomic E-state index is 10.2. The van der Waals surface area contributed by atoms with Gasteiger partial charge in [-0.3, -0.25) is 0 Å². The van der Waals surface area contributed by atoms with Crippen molar-refractivity contribution in [2.45, 2.75) is 36.9 Å². The van der Waals surface area contributed by atoms with Crippen molar-refractivity contribution in [3.05, 3.63) is 34.9 Å². The Balaban J connectivity index is 1.84. The lowest BCUT2D eigenvalue weighted by Gasteiger charge is -2.35. The third-order valence-corrected chi connectivity index (χ3v) is 4.91. The summed E-state index contributed by atoms with van der Waals surface area (Å²) in [5.41, 5.74) is 0.917. The van der Waals surface area contributed by atoms with Crippen LogP contribution in [0.15, 0.2) is 24.3 Å². The van der Waals surface area contributed by atoms with Crippen LogP contribution in [0.4, 0.5) is 0 Å². The molecule has 0 aromatic heterocycles. The molecule has 1 saturated heterocycles. The van der Waals surface area contributed by atoms with E-state index in [1.165, 1.54) is 0 Å². The molecule has 1 aromatic rings. The van der Waals surface area contributed by atoms with Crippen LogP contribution in [-0.4, -0.2) is 40.1 Å². The van der Waals surface area contributed by atoms with E-state index in [0.29, 0.717) is 15.5 Å². The molecule has 19 heavy (non-hydrogen) atoms. The van der Waals surface area contributed by atoms with E-state index in [4.69, 9.17) is 11.6 Å². The van der Waals surface area contributed by atoms with Crippen LogP contribution in [0.3, 0.4) is 0 Å². The van der Waals surface area contributed by atoms with Crippen LogP contribution in [0.1, 0.15) is 31.9 Å². The number of nitrogens with zero attached hydrogens (tertiary/aromatic N) is 1. The Kier molecular flexibility index (Phi) is 5.58. The smallest absolute Gasteiger partial charge is 0.0802 e. The Hall–Kier alpha value is -0.220. The Labute approximate surface area is 125 Å². The molecule has 4 heteroatoms. The summed E-state index contributed by atoms with van der Waals surface area (Å²) in [5.74, 6) is 0. The van der Waals surface area contributed by atoms with E-state index in [9.17, 15) is 5.11 Å². The fraction of sp³-hybridized carbons (Fsp3) is 0.600. The summed E-state index contributed by atoms with van der Waals surface area (Å²) in [6.45, 7) is 7.75. The molecule has 0 radical (unpaired) electrons. The molecule has 2 nitrogen and oxygen atoms in total. The number of halogens is 1. The largest absolute Gasteiger partial charge is 0.388 e. The van der Waals surface area contributed by atoms with Crippen LogP contribution >= 0.6 is 23.4 Å². The van der Waals surface area contributed by atoms with Crippen LogP contribution in [0.5, 0.6) is 0 Å². The van der Waals surface area contributed by atoms with E-state index in [0.717, 1.165) is 31.6 Å². The number of aliphatic hydroxyl groups is 1. The molecular weight excluding hydrogens is 278 g/mol. The fourth-order valence-corrected chi connectivity index (χ4v) is 4.24. The topological polar surface area (TPSA) is 23.5 Å². The average molecular weight is 300 g/mol. The SMILES string of the molecule is CC1CN(CCC(O)c2cccc(Cl)c2)CC(C)S1. The predicted octanol–water partition coefficient (Wildman–Crippen LogP) is 3.59. The lowest BCUT2D eigenvalue weighted by Crippen LogP contribution is -2.41. The second-order valence-corrected chi connectivity index (χ2v) is 7.69. The van der Waals surface area contributed by atoms with Gasteiger partial charge in [0.05, 0.1) is 6.10 Å². The van der Waals surface area contributed by atoms with Gasteiger partial charge in [-0.2, -0.15) is 11.8 Å². The molecule has 1 heterocycles. The zero-order valence-electron chi connectivity index (χ0n) is 11.6. The van der Waals surface area contributed by atoms with Gasteiger partial charge < -0.3 is 10.0 Å². The van der Waals surface area contributed by atoms with Crippen molar-refractivity contribution in [2.24, 2.45) is 0 Å². The molecule has 1 fully saturated rings. The number of hydrogen-bond acceptors (Lipinski definition) is 3. The van der Waals surface area contributed by atoms with E-state index in [2.05, 4.69) is 30.5 Å². The lowest BCUT2D eigenvalue weighted by atomic mass is 10.1. The first kappa shape index (κ1) is 15.2. The Bertz CT molecular complexity index is 405. The van der Waals surface area contributed by atoms with E-state index >= 15 is 0 Å². The van der Waals surface area contributed by atoms with E-state index in [1.54, 1.807) is 0 Å². The molecule has 0 saturated carbocycles. The molecule has 0 amide bonds. The number of thioether (sulfide) groups is 1. The van der Waals surface area contributed by atoms with Crippen molar-refractivity contribution in [1.29, 1.82) is 0 Å². The second-order valence-electron chi connectivity index (χ2n) is 5.38. The number of hydrogen-bond donors (Lipinski definition) is 1. The summed E-state index contributed by atoms with van der Waals surface area (Å²) in [6.07, 6.45) is 0.351. The van der Waals surface area contributed by atoms with Crippen LogP contribution in [0, 0.1) is 0 Å².